The summed E-state index contributed by atoms with van der Waals surface area (Å²) in [4.78, 5) is 0. The fourth-order valence-corrected chi connectivity index (χ4v) is 2.47. The van der Waals surface area contributed by atoms with Crippen LogP contribution in [0.5, 0.6) is 0 Å². The molecule has 4 heteroatoms. The molecular formula is C17H19ClN2S. The molecule has 21 heavy (non-hydrogen) atoms. The molecule has 2 N–H and O–H groups in total. The highest BCUT2D eigenvalue weighted by Crippen LogP contribution is 2.19. The zero-order valence-electron chi connectivity index (χ0n) is 12.2. The van der Waals surface area contributed by atoms with Crippen LogP contribution in [0.1, 0.15) is 16.7 Å². The number of para-hydroxylation sites is 1. The Morgan fingerprint density at radius 3 is 2.29 bits per heavy atom. The van der Waals surface area contributed by atoms with E-state index in [1.807, 2.05) is 30.3 Å². The van der Waals surface area contributed by atoms with Crippen LogP contribution in [0, 0.1) is 13.8 Å². The van der Waals surface area contributed by atoms with Gasteiger partial charge in [-0.3, -0.25) is 0 Å². The molecule has 0 saturated carbocycles. The molecule has 0 atom stereocenters. The Balaban J connectivity index is 1.84. The number of halogens is 1. The first-order valence-corrected chi connectivity index (χ1v) is 7.70. The second-order valence-corrected chi connectivity index (χ2v) is 5.87. The van der Waals surface area contributed by atoms with Gasteiger partial charge in [0, 0.05) is 17.3 Å². The van der Waals surface area contributed by atoms with Crippen LogP contribution in [0.25, 0.3) is 0 Å². The maximum atomic E-state index is 5.87. The summed E-state index contributed by atoms with van der Waals surface area (Å²) in [5, 5.41) is 7.93. The van der Waals surface area contributed by atoms with E-state index in [-0.39, 0.29) is 0 Å². The van der Waals surface area contributed by atoms with E-state index < -0.39 is 0 Å². The van der Waals surface area contributed by atoms with Crippen LogP contribution < -0.4 is 10.6 Å². The van der Waals surface area contributed by atoms with Gasteiger partial charge in [-0.15, -0.1) is 0 Å². The molecule has 0 heterocycles. The predicted molar refractivity (Wildman–Crippen MR) is 95.3 cm³/mol. The van der Waals surface area contributed by atoms with Gasteiger partial charge in [-0.05, 0) is 61.3 Å². The molecule has 0 aliphatic rings. The van der Waals surface area contributed by atoms with E-state index in [0.717, 1.165) is 23.7 Å². The molecule has 0 saturated heterocycles. The summed E-state index contributed by atoms with van der Waals surface area (Å²) in [5.74, 6) is 0. The molecule has 0 amide bonds. The number of benzene rings is 2. The van der Waals surface area contributed by atoms with Gasteiger partial charge in [-0.1, -0.05) is 41.9 Å². The lowest BCUT2D eigenvalue weighted by Gasteiger charge is -2.14. The highest BCUT2D eigenvalue weighted by molar-refractivity contribution is 7.80. The summed E-state index contributed by atoms with van der Waals surface area (Å²) in [6.07, 6.45) is 0.908. The highest BCUT2D eigenvalue weighted by Gasteiger charge is 2.03. The van der Waals surface area contributed by atoms with Gasteiger partial charge in [-0.2, -0.15) is 0 Å². The van der Waals surface area contributed by atoms with Crippen molar-refractivity contribution in [3.8, 4) is 0 Å². The van der Waals surface area contributed by atoms with Crippen molar-refractivity contribution in [2.45, 2.75) is 20.3 Å². The second-order valence-electron chi connectivity index (χ2n) is 5.02. The van der Waals surface area contributed by atoms with E-state index in [0.29, 0.717) is 5.11 Å². The van der Waals surface area contributed by atoms with Crippen LogP contribution in [-0.2, 0) is 6.42 Å². The van der Waals surface area contributed by atoms with Crippen molar-refractivity contribution in [3.63, 3.8) is 0 Å². The van der Waals surface area contributed by atoms with Crippen LogP contribution in [0.15, 0.2) is 42.5 Å². The molecule has 2 rings (SSSR count). The van der Waals surface area contributed by atoms with Gasteiger partial charge in [-0.25, -0.2) is 0 Å². The summed E-state index contributed by atoms with van der Waals surface area (Å²) in [6, 6.07) is 14.1. The number of anilines is 1. The smallest absolute Gasteiger partial charge is 0.170 e. The van der Waals surface area contributed by atoms with E-state index in [1.165, 1.54) is 16.7 Å². The van der Waals surface area contributed by atoms with Gasteiger partial charge < -0.3 is 10.6 Å². The monoisotopic (exact) mass is 318 g/mol. The number of rotatable bonds is 4. The molecule has 0 bridgehead atoms. The molecule has 0 fully saturated rings. The van der Waals surface area contributed by atoms with Crippen molar-refractivity contribution in [3.05, 3.63) is 64.2 Å². The Hall–Kier alpha value is -1.58. The maximum absolute atomic E-state index is 5.87. The Kier molecular flexibility index (Phi) is 5.59. The maximum Gasteiger partial charge on any atom is 0.170 e. The van der Waals surface area contributed by atoms with E-state index in [4.69, 9.17) is 23.8 Å². The van der Waals surface area contributed by atoms with Crippen molar-refractivity contribution in [2.24, 2.45) is 0 Å². The third-order valence-electron chi connectivity index (χ3n) is 3.33. The molecule has 0 aliphatic heterocycles. The minimum atomic E-state index is 0.654. The molecule has 2 nitrogen and oxygen atoms in total. The normalized spacial score (nSPS) is 10.2. The van der Waals surface area contributed by atoms with Gasteiger partial charge >= 0.3 is 0 Å². The summed E-state index contributed by atoms with van der Waals surface area (Å²) >= 11 is 11.2. The number of aryl methyl sites for hydroxylation is 2. The zero-order chi connectivity index (χ0) is 15.2. The van der Waals surface area contributed by atoms with Crippen LogP contribution in [0.2, 0.25) is 5.02 Å². The van der Waals surface area contributed by atoms with Crippen molar-refractivity contribution >= 4 is 34.6 Å². The molecule has 2 aromatic carbocycles. The Morgan fingerprint density at radius 2 is 1.67 bits per heavy atom. The third kappa shape index (κ3) is 4.73. The average molecular weight is 319 g/mol. The Bertz CT molecular complexity index is 603. The summed E-state index contributed by atoms with van der Waals surface area (Å²) < 4.78 is 0. The summed E-state index contributed by atoms with van der Waals surface area (Å²) in [7, 11) is 0. The lowest BCUT2D eigenvalue weighted by molar-refractivity contribution is 0.873. The van der Waals surface area contributed by atoms with E-state index in [9.17, 15) is 0 Å². The number of hydrogen-bond donors (Lipinski definition) is 2. The van der Waals surface area contributed by atoms with E-state index in [2.05, 4.69) is 36.6 Å². The minimum absolute atomic E-state index is 0.654. The first-order chi connectivity index (χ1) is 10.1. The molecular weight excluding hydrogens is 300 g/mol. The quantitative estimate of drug-likeness (QED) is 0.812. The van der Waals surface area contributed by atoms with Crippen LogP contribution in [-0.4, -0.2) is 11.7 Å². The van der Waals surface area contributed by atoms with E-state index >= 15 is 0 Å². The van der Waals surface area contributed by atoms with Gasteiger partial charge in [0.1, 0.15) is 0 Å². The van der Waals surface area contributed by atoms with Crippen molar-refractivity contribution in [1.82, 2.24) is 5.32 Å². The largest absolute Gasteiger partial charge is 0.362 e. The summed E-state index contributed by atoms with van der Waals surface area (Å²) in [5.41, 5.74) is 4.71. The van der Waals surface area contributed by atoms with Crippen molar-refractivity contribution in [2.75, 3.05) is 11.9 Å². The van der Waals surface area contributed by atoms with Gasteiger partial charge in [0.2, 0.25) is 0 Å². The molecule has 2 aromatic rings. The van der Waals surface area contributed by atoms with Gasteiger partial charge in [0.05, 0.1) is 0 Å². The fraction of sp³-hybridized carbons (Fsp3) is 0.235. The zero-order valence-corrected chi connectivity index (χ0v) is 13.8. The second kappa shape index (κ2) is 7.43. The molecule has 0 aromatic heterocycles. The molecule has 110 valence electrons. The lowest BCUT2D eigenvalue weighted by Crippen LogP contribution is -2.30. The third-order valence-corrected chi connectivity index (χ3v) is 3.83. The highest BCUT2D eigenvalue weighted by atomic mass is 35.5. The average Bonchev–Trinajstić information content (AvgIpc) is 2.45. The van der Waals surface area contributed by atoms with Gasteiger partial charge in [0.25, 0.3) is 0 Å². The first-order valence-electron chi connectivity index (χ1n) is 6.92. The first kappa shape index (κ1) is 15.8. The fourth-order valence-electron chi connectivity index (χ4n) is 2.14. The summed E-state index contributed by atoms with van der Waals surface area (Å²) in [6.45, 7) is 4.94. The molecule has 0 unspecified atom stereocenters. The van der Waals surface area contributed by atoms with Crippen LogP contribution >= 0.6 is 23.8 Å². The Labute approximate surface area is 136 Å². The molecule has 0 radical (unpaired) electrons. The lowest BCUT2D eigenvalue weighted by atomic mass is 10.1. The van der Waals surface area contributed by atoms with Crippen LogP contribution in [0.3, 0.4) is 0 Å². The van der Waals surface area contributed by atoms with E-state index in [1.54, 1.807) is 0 Å². The number of thiocarbonyl (C=S) groups is 1. The molecule has 0 aliphatic carbocycles. The number of nitrogens with one attached hydrogen (secondary N) is 2. The minimum Gasteiger partial charge on any atom is -0.362 e. The topological polar surface area (TPSA) is 24.1 Å². The van der Waals surface area contributed by atoms with Crippen molar-refractivity contribution < 1.29 is 0 Å². The Morgan fingerprint density at radius 1 is 1.05 bits per heavy atom. The molecule has 0 spiro atoms. The van der Waals surface area contributed by atoms with Crippen LogP contribution in [0.4, 0.5) is 5.69 Å². The number of hydrogen-bond acceptors (Lipinski definition) is 1. The SMILES string of the molecule is Cc1cccc(C)c1NC(=S)NCCc1ccc(Cl)cc1. The predicted octanol–water partition coefficient (Wildman–Crippen LogP) is 4.49. The van der Waals surface area contributed by atoms with Crippen molar-refractivity contribution in [1.29, 1.82) is 0 Å². The van der Waals surface area contributed by atoms with Gasteiger partial charge in [0.15, 0.2) is 5.11 Å². The standard InChI is InChI=1S/C17H19ClN2S/c1-12-4-3-5-13(2)16(12)20-17(21)19-11-10-14-6-8-15(18)9-7-14/h3-9H,10-11H2,1-2H3,(H2,19,20,21).